The van der Waals surface area contributed by atoms with Crippen molar-refractivity contribution >= 4 is 21.5 Å². The molecular weight excluding hydrogens is 326 g/mol. The molecule has 1 aromatic heterocycles. The van der Waals surface area contributed by atoms with Crippen molar-refractivity contribution in [2.75, 3.05) is 0 Å². The minimum absolute atomic E-state index is 1.20. The van der Waals surface area contributed by atoms with Crippen molar-refractivity contribution in [2.45, 2.75) is 6.92 Å². The highest BCUT2D eigenvalue weighted by Gasteiger charge is 2.17. The minimum atomic E-state index is 1.20. The van der Waals surface area contributed by atoms with Crippen LogP contribution in [0, 0.1) is 6.92 Å². The third-order valence-electron chi connectivity index (χ3n) is 5.28. The molecule has 0 bridgehead atoms. The predicted octanol–water partition coefficient (Wildman–Crippen LogP) is 7.03. The Balaban J connectivity index is 2.06. The van der Waals surface area contributed by atoms with Crippen LogP contribution >= 0.6 is 0 Å². The van der Waals surface area contributed by atoms with Crippen molar-refractivity contribution in [2.24, 2.45) is 0 Å². The van der Waals surface area contributed by atoms with Crippen molar-refractivity contribution in [3.05, 3.63) is 103 Å². The summed E-state index contributed by atoms with van der Waals surface area (Å²) in [5.74, 6) is 0. The van der Waals surface area contributed by atoms with Crippen molar-refractivity contribution in [3.8, 4) is 22.3 Å². The number of pyridine rings is 1. The molecule has 27 heavy (non-hydrogen) atoms. The molecule has 0 aliphatic heterocycles. The zero-order valence-corrected chi connectivity index (χ0v) is 15.2. The third-order valence-corrected chi connectivity index (χ3v) is 5.28. The molecule has 0 saturated heterocycles. The molecule has 0 atom stereocenters. The zero-order chi connectivity index (χ0) is 18.2. The van der Waals surface area contributed by atoms with Crippen LogP contribution in [0.5, 0.6) is 0 Å². The van der Waals surface area contributed by atoms with E-state index in [1.54, 1.807) is 0 Å². The maximum absolute atomic E-state index is 4.46. The number of aromatic nitrogens is 1. The summed E-state index contributed by atoms with van der Waals surface area (Å²) in [7, 11) is 0. The summed E-state index contributed by atoms with van der Waals surface area (Å²) >= 11 is 0. The maximum Gasteiger partial charge on any atom is 0.0353 e. The van der Waals surface area contributed by atoms with Gasteiger partial charge in [-0.1, -0.05) is 78.9 Å². The topological polar surface area (TPSA) is 12.9 Å². The molecule has 0 radical (unpaired) electrons. The molecule has 0 unspecified atom stereocenters. The van der Waals surface area contributed by atoms with Crippen molar-refractivity contribution in [3.63, 3.8) is 0 Å². The number of fused-ring (bicyclic) bond motifs is 2. The summed E-state index contributed by atoms with van der Waals surface area (Å²) in [6.45, 7) is 2.20. The van der Waals surface area contributed by atoms with E-state index in [2.05, 4.69) is 96.8 Å². The summed E-state index contributed by atoms with van der Waals surface area (Å²) in [6, 6.07) is 30.1. The van der Waals surface area contributed by atoms with E-state index in [9.17, 15) is 0 Å². The van der Waals surface area contributed by atoms with E-state index in [-0.39, 0.29) is 0 Å². The largest absolute Gasteiger partial charge is 0.264 e. The second-order valence-corrected chi connectivity index (χ2v) is 6.90. The SMILES string of the molecule is Cc1cccc2c(-c3ccccc3)c3cnccc3c(-c3ccccc3)c12. The van der Waals surface area contributed by atoms with Gasteiger partial charge in [0.25, 0.3) is 0 Å². The van der Waals surface area contributed by atoms with Crippen LogP contribution in [0.4, 0.5) is 0 Å². The predicted molar refractivity (Wildman–Crippen MR) is 115 cm³/mol. The maximum atomic E-state index is 4.46. The van der Waals surface area contributed by atoms with Gasteiger partial charge in [-0.25, -0.2) is 0 Å². The first-order valence-corrected chi connectivity index (χ1v) is 9.24. The smallest absolute Gasteiger partial charge is 0.0353 e. The first kappa shape index (κ1) is 15.8. The highest BCUT2D eigenvalue weighted by molar-refractivity contribution is 6.21. The summed E-state index contributed by atoms with van der Waals surface area (Å²) in [4.78, 5) is 4.46. The molecule has 1 heterocycles. The van der Waals surface area contributed by atoms with E-state index >= 15 is 0 Å². The lowest BCUT2D eigenvalue weighted by molar-refractivity contribution is 1.37. The Morgan fingerprint density at radius 3 is 1.93 bits per heavy atom. The van der Waals surface area contributed by atoms with Crippen LogP contribution in [0.1, 0.15) is 5.56 Å². The van der Waals surface area contributed by atoms with Crippen LogP contribution in [0.3, 0.4) is 0 Å². The Morgan fingerprint density at radius 2 is 1.22 bits per heavy atom. The Morgan fingerprint density at radius 1 is 0.556 bits per heavy atom. The van der Waals surface area contributed by atoms with Crippen LogP contribution in [-0.2, 0) is 0 Å². The van der Waals surface area contributed by atoms with E-state index in [1.165, 1.54) is 49.4 Å². The van der Waals surface area contributed by atoms with Gasteiger partial charge in [0.2, 0.25) is 0 Å². The van der Waals surface area contributed by atoms with E-state index in [4.69, 9.17) is 0 Å². The quantitative estimate of drug-likeness (QED) is 0.313. The van der Waals surface area contributed by atoms with Gasteiger partial charge in [0, 0.05) is 17.8 Å². The molecule has 0 spiro atoms. The molecule has 0 aliphatic rings. The summed E-state index contributed by atoms with van der Waals surface area (Å²) < 4.78 is 0. The number of hydrogen-bond donors (Lipinski definition) is 0. The van der Waals surface area contributed by atoms with E-state index in [1.807, 2.05) is 12.4 Å². The van der Waals surface area contributed by atoms with Crippen LogP contribution in [0.15, 0.2) is 97.3 Å². The molecule has 4 aromatic carbocycles. The third kappa shape index (κ3) is 2.51. The second kappa shape index (κ2) is 6.37. The molecule has 1 heteroatoms. The molecule has 0 amide bonds. The van der Waals surface area contributed by atoms with Gasteiger partial charge in [0.1, 0.15) is 0 Å². The number of nitrogens with zero attached hydrogens (tertiary/aromatic N) is 1. The van der Waals surface area contributed by atoms with Crippen molar-refractivity contribution in [1.82, 2.24) is 4.98 Å². The Labute approximate surface area is 158 Å². The van der Waals surface area contributed by atoms with Crippen LogP contribution in [0.2, 0.25) is 0 Å². The fraction of sp³-hybridized carbons (Fsp3) is 0.0385. The average molecular weight is 345 g/mol. The Kier molecular flexibility index (Phi) is 3.72. The standard InChI is InChI=1S/C26H19N/c1-18-9-8-14-22-24(18)26(20-12-6-3-7-13-20)21-15-16-27-17-23(21)25(22)19-10-4-2-5-11-19/h2-17H,1H3. The second-order valence-electron chi connectivity index (χ2n) is 6.90. The lowest BCUT2D eigenvalue weighted by atomic mass is 9.85. The number of benzene rings is 4. The summed E-state index contributed by atoms with van der Waals surface area (Å²) in [5.41, 5.74) is 6.32. The average Bonchev–Trinajstić information content (AvgIpc) is 2.73. The minimum Gasteiger partial charge on any atom is -0.264 e. The molecular formula is C26H19N. The molecule has 5 aromatic rings. The molecule has 0 aliphatic carbocycles. The molecule has 0 N–H and O–H groups in total. The van der Waals surface area contributed by atoms with Crippen molar-refractivity contribution < 1.29 is 0 Å². The van der Waals surface area contributed by atoms with Gasteiger partial charge < -0.3 is 0 Å². The monoisotopic (exact) mass is 345 g/mol. The van der Waals surface area contributed by atoms with Gasteiger partial charge in [0.05, 0.1) is 0 Å². The van der Waals surface area contributed by atoms with Gasteiger partial charge in [-0.3, -0.25) is 4.98 Å². The van der Waals surface area contributed by atoms with Gasteiger partial charge in [0.15, 0.2) is 0 Å². The molecule has 5 rings (SSSR count). The van der Waals surface area contributed by atoms with Crippen LogP contribution in [-0.4, -0.2) is 4.98 Å². The van der Waals surface area contributed by atoms with Crippen LogP contribution < -0.4 is 0 Å². The first-order chi connectivity index (χ1) is 13.3. The highest BCUT2D eigenvalue weighted by Crippen LogP contribution is 2.44. The normalized spacial score (nSPS) is 11.1. The molecule has 1 nitrogen and oxygen atoms in total. The summed E-state index contributed by atoms with van der Waals surface area (Å²) in [6.07, 6.45) is 3.90. The first-order valence-electron chi connectivity index (χ1n) is 9.24. The van der Waals surface area contributed by atoms with Gasteiger partial charge in [-0.15, -0.1) is 0 Å². The van der Waals surface area contributed by atoms with Crippen molar-refractivity contribution in [1.29, 1.82) is 0 Å². The van der Waals surface area contributed by atoms with Gasteiger partial charge >= 0.3 is 0 Å². The number of rotatable bonds is 2. The van der Waals surface area contributed by atoms with E-state index in [0.29, 0.717) is 0 Å². The van der Waals surface area contributed by atoms with E-state index < -0.39 is 0 Å². The summed E-state index contributed by atoms with van der Waals surface area (Å²) in [5, 5.41) is 5.04. The van der Waals surface area contributed by atoms with Gasteiger partial charge in [-0.05, 0) is 57.0 Å². The Bertz CT molecular complexity index is 1260. The fourth-order valence-electron chi connectivity index (χ4n) is 4.12. The lowest BCUT2D eigenvalue weighted by Gasteiger charge is -2.18. The molecule has 0 fully saturated rings. The fourth-order valence-corrected chi connectivity index (χ4v) is 4.12. The lowest BCUT2D eigenvalue weighted by Crippen LogP contribution is -1.93. The number of aryl methyl sites for hydroxylation is 1. The van der Waals surface area contributed by atoms with E-state index in [0.717, 1.165) is 0 Å². The highest BCUT2D eigenvalue weighted by atomic mass is 14.6. The molecule has 128 valence electrons. The zero-order valence-electron chi connectivity index (χ0n) is 15.2. The van der Waals surface area contributed by atoms with Crippen LogP contribution in [0.25, 0.3) is 43.8 Å². The molecule has 0 saturated carbocycles. The van der Waals surface area contributed by atoms with Gasteiger partial charge in [-0.2, -0.15) is 0 Å². The number of hydrogen-bond acceptors (Lipinski definition) is 1. The Hall–Kier alpha value is -3.45.